The highest BCUT2D eigenvalue weighted by Crippen LogP contribution is 2.15. The SMILES string of the molecule is COCCn1ncc(NCCc2ccco2)c(Cl)c1=O. The second kappa shape index (κ2) is 7.12. The van der Waals surface area contributed by atoms with Gasteiger partial charge in [-0.05, 0) is 12.1 Å². The number of hydrogen-bond donors (Lipinski definition) is 1. The van der Waals surface area contributed by atoms with Crippen LogP contribution in [0.15, 0.2) is 33.8 Å². The first-order chi connectivity index (χ1) is 9.72. The minimum atomic E-state index is -0.327. The fraction of sp³-hybridized carbons (Fsp3) is 0.385. The maximum Gasteiger partial charge on any atom is 0.287 e. The first kappa shape index (κ1) is 14.6. The van der Waals surface area contributed by atoms with Gasteiger partial charge in [0.1, 0.15) is 10.8 Å². The number of anilines is 1. The van der Waals surface area contributed by atoms with Crippen molar-refractivity contribution >= 4 is 17.3 Å². The summed E-state index contributed by atoms with van der Waals surface area (Å²) in [5, 5.41) is 7.26. The molecule has 2 heterocycles. The normalized spacial score (nSPS) is 10.7. The van der Waals surface area contributed by atoms with E-state index in [4.69, 9.17) is 20.8 Å². The molecule has 0 fully saturated rings. The Morgan fingerprint density at radius 2 is 2.40 bits per heavy atom. The van der Waals surface area contributed by atoms with E-state index in [1.54, 1.807) is 19.6 Å². The van der Waals surface area contributed by atoms with E-state index >= 15 is 0 Å². The Bertz CT molecular complexity index is 595. The van der Waals surface area contributed by atoms with Crippen molar-refractivity contribution in [2.45, 2.75) is 13.0 Å². The van der Waals surface area contributed by atoms with Crippen LogP contribution >= 0.6 is 11.6 Å². The highest BCUT2D eigenvalue weighted by molar-refractivity contribution is 6.32. The minimum absolute atomic E-state index is 0.135. The third-order valence-corrected chi connectivity index (χ3v) is 3.12. The smallest absolute Gasteiger partial charge is 0.287 e. The van der Waals surface area contributed by atoms with Crippen molar-refractivity contribution in [1.29, 1.82) is 0 Å². The van der Waals surface area contributed by atoms with Crippen LogP contribution in [0.1, 0.15) is 5.76 Å². The number of furan rings is 1. The van der Waals surface area contributed by atoms with Crippen molar-refractivity contribution in [3.63, 3.8) is 0 Å². The Balaban J connectivity index is 1.98. The number of nitrogens with zero attached hydrogens (tertiary/aromatic N) is 2. The summed E-state index contributed by atoms with van der Waals surface area (Å²) >= 11 is 6.04. The molecule has 1 N–H and O–H groups in total. The Kier molecular flexibility index (Phi) is 5.20. The summed E-state index contributed by atoms with van der Waals surface area (Å²) < 4.78 is 11.4. The number of hydrogen-bond acceptors (Lipinski definition) is 5. The van der Waals surface area contributed by atoms with Gasteiger partial charge in [-0.25, -0.2) is 4.68 Å². The van der Waals surface area contributed by atoms with Gasteiger partial charge in [0.05, 0.1) is 31.3 Å². The van der Waals surface area contributed by atoms with Crippen LogP contribution in [0.4, 0.5) is 5.69 Å². The lowest BCUT2D eigenvalue weighted by Crippen LogP contribution is -2.26. The Labute approximate surface area is 121 Å². The molecule has 0 radical (unpaired) electrons. The molecule has 0 spiro atoms. The van der Waals surface area contributed by atoms with Gasteiger partial charge in [0, 0.05) is 20.1 Å². The van der Waals surface area contributed by atoms with E-state index in [0.29, 0.717) is 31.8 Å². The fourth-order valence-electron chi connectivity index (χ4n) is 1.70. The molecular weight excluding hydrogens is 282 g/mol. The van der Waals surface area contributed by atoms with Crippen LogP contribution in [-0.4, -0.2) is 30.0 Å². The van der Waals surface area contributed by atoms with Crippen molar-refractivity contribution in [2.75, 3.05) is 25.6 Å². The summed E-state index contributed by atoms with van der Waals surface area (Å²) in [6.07, 6.45) is 3.87. The Hall–Kier alpha value is -1.79. The van der Waals surface area contributed by atoms with Crippen LogP contribution in [0, 0.1) is 0 Å². The van der Waals surface area contributed by atoms with Crippen LogP contribution in [0.2, 0.25) is 5.02 Å². The van der Waals surface area contributed by atoms with Gasteiger partial charge in [-0.1, -0.05) is 11.6 Å². The molecule has 108 valence electrons. The Morgan fingerprint density at radius 1 is 1.55 bits per heavy atom. The van der Waals surface area contributed by atoms with Crippen molar-refractivity contribution in [2.24, 2.45) is 0 Å². The summed E-state index contributed by atoms with van der Waals surface area (Å²) in [4.78, 5) is 11.9. The zero-order valence-corrected chi connectivity index (χ0v) is 11.9. The molecule has 0 amide bonds. The molecule has 6 nitrogen and oxygen atoms in total. The molecule has 0 aliphatic rings. The summed E-state index contributed by atoms with van der Waals surface area (Å²) in [5.41, 5.74) is 0.198. The standard InChI is InChI=1S/C13H16ClN3O3/c1-19-8-6-17-13(18)12(14)11(9-16-17)15-5-4-10-3-2-7-20-10/h2-3,7,9,15H,4-6,8H2,1H3. The molecule has 7 heteroatoms. The molecule has 0 atom stereocenters. The lowest BCUT2D eigenvalue weighted by atomic mass is 10.3. The number of methoxy groups -OCH3 is 1. The molecule has 20 heavy (non-hydrogen) atoms. The topological polar surface area (TPSA) is 69.3 Å². The lowest BCUT2D eigenvalue weighted by Gasteiger charge is -2.09. The van der Waals surface area contributed by atoms with E-state index in [0.717, 1.165) is 5.76 Å². The summed E-state index contributed by atoms with van der Waals surface area (Å²) in [6, 6.07) is 3.73. The largest absolute Gasteiger partial charge is 0.469 e. The van der Waals surface area contributed by atoms with E-state index in [1.165, 1.54) is 4.68 Å². The van der Waals surface area contributed by atoms with Crippen LogP contribution in [0.25, 0.3) is 0 Å². The van der Waals surface area contributed by atoms with Crippen LogP contribution < -0.4 is 10.9 Å². The average molecular weight is 298 g/mol. The molecular formula is C13H16ClN3O3. The highest BCUT2D eigenvalue weighted by atomic mass is 35.5. The van der Waals surface area contributed by atoms with Crippen molar-refractivity contribution in [3.05, 3.63) is 45.7 Å². The molecule has 0 saturated carbocycles. The molecule has 0 aliphatic carbocycles. The molecule has 2 aromatic rings. The monoisotopic (exact) mass is 297 g/mol. The number of ether oxygens (including phenoxy) is 1. The lowest BCUT2D eigenvalue weighted by molar-refractivity contribution is 0.182. The molecule has 0 unspecified atom stereocenters. The third kappa shape index (κ3) is 3.61. The zero-order valence-electron chi connectivity index (χ0n) is 11.1. The number of rotatable bonds is 7. The summed E-state index contributed by atoms with van der Waals surface area (Å²) in [7, 11) is 1.57. The van der Waals surface area contributed by atoms with Gasteiger partial charge < -0.3 is 14.5 Å². The predicted octanol–water partition coefficient (Wildman–Crippen LogP) is 1.79. The van der Waals surface area contributed by atoms with E-state index in [1.807, 2.05) is 12.1 Å². The Morgan fingerprint density at radius 3 is 3.10 bits per heavy atom. The van der Waals surface area contributed by atoms with Crippen molar-refractivity contribution < 1.29 is 9.15 Å². The van der Waals surface area contributed by atoms with Gasteiger partial charge in [-0.3, -0.25) is 4.79 Å². The number of aromatic nitrogens is 2. The zero-order chi connectivity index (χ0) is 14.4. The van der Waals surface area contributed by atoms with E-state index in [-0.39, 0.29) is 10.6 Å². The summed E-state index contributed by atoms with van der Waals surface area (Å²) in [6.45, 7) is 1.40. The summed E-state index contributed by atoms with van der Waals surface area (Å²) in [5.74, 6) is 0.870. The molecule has 0 aliphatic heterocycles. The maximum atomic E-state index is 11.9. The van der Waals surface area contributed by atoms with Crippen molar-refractivity contribution in [3.8, 4) is 0 Å². The average Bonchev–Trinajstić information content (AvgIpc) is 2.96. The first-order valence-electron chi connectivity index (χ1n) is 6.23. The van der Waals surface area contributed by atoms with E-state index in [2.05, 4.69) is 10.4 Å². The second-order valence-corrected chi connectivity index (χ2v) is 4.53. The molecule has 0 saturated heterocycles. The quantitative estimate of drug-likeness (QED) is 0.844. The van der Waals surface area contributed by atoms with Gasteiger partial charge in [0.2, 0.25) is 0 Å². The number of halogens is 1. The molecule has 0 aromatic carbocycles. The third-order valence-electron chi connectivity index (χ3n) is 2.76. The van der Waals surface area contributed by atoms with Gasteiger partial charge in [0.25, 0.3) is 5.56 Å². The minimum Gasteiger partial charge on any atom is -0.469 e. The molecule has 0 bridgehead atoms. The van der Waals surface area contributed by atoms with Gasteiger partial charge in [-0.2, -0.15) is 5.10 Å². The number of nitrogens with one attached hydrogen (secondary N) is 1. The van der Waals surface area contributed by atoms with Crippen LogP contribution in [0.5, 0.6) is 0 Å². The van der Waals surface area contributed by atoms with Gasteiger partial charge >= 0.3 is 0 Å². The predicted molar refractivity (Wildman–Crippen MR) is 76.3 cm³/mol. The maximum absolute atomic E-state index is 11.9. The van der Waals surface area contributed by atoms with Crippen LogP contribution in [0.3, 0.4) is 0 Å². The molecule has 2 rings (SSSR count). The highest BCUT2D eigenvalue weighted by Gasteiger charge is 2.08. The van der Waals surface area contributed by atoms with Crippen LogP contribution in [-0.2, 0) is 17.7 Å². The second-order valence-electron chi connectivity index (χ2n) is 4.15. The van der Waals surface area contributed by atoms with E-state index < -0.39 is 0 Å². The van der Waals surface area contributed by atoms with E-state index in [9.17, 15) is 4.79 Å². The van der Waals surface area contributed by atoms with Crippen molar-refractivity contribution in [1.82, 2.24) is 9.78 Å². The fourth-order valence-corrected chi connectivity index (χ4v) is 1.91. The van der Waals surface area contributed by atoms with Gasteiger partial charge in [0.15, 0.2) is 0 Å². The molecule has 2 aromatic heterocycles. The first-order valence-corrected chi connectivity index (χ1v) is 6.61. The van der Waals surface area contributed by atoms with Gasteiger partial charge in [-0.15, -0.1) is 0 Å².